The van der Waals surface area contributed by atoms with Crippen LogP contribution in [0.5, 0.6) is 0 Å². The van der Waals surface area contributed by atoms with Crippen molar-refractivity contribution in [2.24, 2.45) is 0 Å². The number of para-hydroxylation sites is 1. The van der Waals surface area contributed by atoms with E-state index in [1.54, 1.807) is 0 Å². The maximum atomic E-state index is 13.2. The number of amides is 1. The number of carbonyl (C=O) groups is 1. The third-order valence-corrected chi connectivity index (χ3v) is 6.46. The molecule has 2 heterocycles. The van der Waals surface area contributed by atoms with Crippen molar-refractivity contribution in [3.8, 4) is 0 Å². The highest BCUT2D eigenvalue weighted by molar-refractivity contribution is 8.01. The van der Waals surface area contributed by atoms with E-state index in [9.17, 15) is 4.79 Å². The quantitative estimate of drug-likeness (QED) is 0.618. The Morgan fingerprint density at radius 2 is 1.71 bits per heavy atom. The molecule has 0 bridgehead atoms. The first kappa shape index (κ1) is 18.9. The van der Waals surface area contributed by atoms with E-state index in [1.807, 2.05) is 65.6 Å². The molecular formula is C20H20N4O2S2. The minimum Gasteiger partial charge on any atom is -0.378 e. The highest BCUT2D eigenvalue weighted by Crippen LogP contribution is 2.39. The zero-order valence-corrected chi connectivity index (χ0v) is 16.8. The van der Waals surface area contributed by atoms with Crippen LogP contribution in [0.2, 0.25) is 0 Å². The molecule has 1 fully saturated rings. The molecule has 0 saturated carbocycles. The summed E-state index contributed by atoms with van der Waals surface area (Å²) in [7, 11) is 0. The standard InChI is InChI=1S/C20H20N4O2S2/c25-18(24-11-13-26-14-12-24)17(15-7-3-1-4-8-15)27-20-23-22-19(28-20)21-16-9-5-2-6-10-16/h1-10,17H,11-14H2,(H,21,22)/t17-/m1/s1. The fourth-order valence-electron chi connectivity index (χ4n) is 2.89. The van der Waals surface area contributed by atoms with Gasteiger partial charge < -0.3 is 15.0 Å². The molecule has 1 N–H and O–H groups in total. The van der Waals surface area contributed by atoms with E-state index in [1.165, 1.54) is 23.1 Å². The van der Waals surface area contributed by atoms with Crippen molar-refractivity contribution in [3.05, 3.63) is 66.2 Å². The van der Waals surface area contributed by atoms with Gasteiger partial charge in [0.05, 0.1) is 13.2 Å². The number of morpholine rings is 1. The predicted octanol–water partition coefficient (Wildman–Crippen LogP) is 3.97. The molecule has 3 aromatic rings. The van der Waals surface area contributed by atoms with Gasteiger partial charge in [0.2, 0.25) is 11.0 Å². The normalized spacial score (nSPS) is 15.2. The predicted molar refractivity (Wildman–Crippen MR) is 112 cm³/mol. The number of ether oxygens (including phenoxy) is 1. The zero-order chi connectivity index (χ0) is 19.2. The average Bonchev–Trinajstić information content (AvgIpc) is 3.20. The molecule has 144 valence electrons. The number of hydrogen-bond donors (Lipinski definition) is 1. The highest BCUT2D eigenvalue weighted by atomic mass is 32.2. The molecule has 6 nitrogen and oxygen atoms in total. The van der Waals surface area contributed by atoms with Crippen LogP contribution in [0.15, 0.2) is 65.0 Å². The Morgan fingerprint density at radius 1 is 1.04 bits per heavy atom. The molecule has 1 saturated heterocycles. The SMILES string of the molecule is O=C([C@H](Sc1nnc(Nc2ccccc2)s1)c1ccccc1)N1CCOCC1. The molecule has 0 aliphatic carbocycles. The summed E-state index contributed by atoms with van der Waals surface area (Å²) in [6, 6.07) is 19.7. The molecular weight excluding hydrogens is 392 g/mol. The first-order valence-corrected chi connectivity index (χ1v) is 10.7. The van der Waals surface area contributed by atoms with Gasteiger partial charge in [-0.15, -0.1) is 10.2 Å². The lowest BCUT2D eigenvalue weighted by atomic mass is 10.1. The largest absolute Gasteiger partial charge is 0.378 e. The summed E-state index contributed by atoms with van der Waals surface area (Å²) in [6.45, 7) is 2.42. The van der Waals surface area contributed by atoms with E-state index < -0.39 is 0 Å². The molecule has 1 atom stereocenters. The topological polar surface area (TPSA) is 67.4 Å². The zero-order valence-electron chi connectivity index (χ0n) is 15.2. The van der Waals surface area contributed by atoms with Crippen LogP contribution in [0.25, 0.3) is 0 Å². The summed E-state index contributed by atoms with van der Waals surface area (Å²) in [6.07, 6.45) is 0. The maximum absolute atomic E-state index is 13.2. The summed E-state index contributed by atoms with van der Waals surface area (Å²) >= 11 is 2.90. The van der Waals surface area contributed by atoms with Gasteiger partial charge in [0.1, 0.15) is 5.25 Å². The summed E-state index contributed by atoms with van der Waals surface area (Å²) in [4.78, 5) is 15.1. The van der Waals surface area contributed by atoms with Gasteiger partial charge in [0.15, 0.2) is 4.34 Å². The minimum atomic E-state index is -0.350. The molecule has 0 unspecified atom stereocenters. The van der Waals surface area contributed by atoms with Crippen LogP contribution < -0.4 is 5.32 Å². The summed E-state index contributed by atoms with van der Waals surface area (Å²) < 4.78 is 6.14. The molecule has 1 aromatic heterocycles. The Labute approximate surface area is 171 Å². The fourth-order valence-corrected chi connectivity index (χ4v) is 4.94. The summed E-state index contributed by atoms with van der Waals surface area (Å²) in [5.41, 5.74) is 1.93. The van der Waals surface area contributed by atoms with Crippen LogP contribution in [-0.2, 0) is 9.53 Å². The van der Waals surface area contributed by atoms with Crippen molar-refractivity contribution in [2.45, 2.75) is 9.59 Å². The van der Waals surface area contributed by atoms with Gasteiger partial charge in [-0.05, 0) is 17.7 Å². The Bertz CT molecular complexity index is 899. The first-order chi connectivity index (χ1) is 13.8. The van der Waals surface area contributed by atoms with Gasteiger partial charge >= 0.3 is 0 Å². The van der Waals surface area contributed by atoms with Crippen LogP contribution in [0.1, 0.15) is 10.8 Å². The van der Waals surface area contributed by atoms with Crippen molar-refractivity contribution < 1.29 is 9.53 Å². The van der Waals surface area contributed by atoms with Crippen molar-refractivity contribution in [3.63, 3.8) is 0 Å². The van der Waals surface area contributed by atoms with Crippen LogP contribution in [0.4, 0.5) is 10.8 Å². The van der Waals surface area contributed by atoms with Gasteiger partial charge in [0, 0.05) is 18.8 Å². The Balaban J connectivity index is 1.52. The van der Waals surface area contributed by atoms with Crippen molar-refractivity contribution in [1.29, 1.82) is 0 Å². The highest BCUT2D eigenvalue weighted by Gasteiger charge is 2.29. The lowest BCUT2D eigenvalue weighted by Gasteiger charge is -2.30. The Morgan fingerprint density at radius 3 is 2.43 bits per heavy atom. The monoisotopic (exact) mass is 412 g/mol. The number of rotatable bonds is 6. The molecule has 0 radical (unpaired) electrons. The van der Waals surface area contributed by atoms with E-state index in [0.717, 1.165) is 15.6 Å². The van der Waals surface area contributed by atoms with E-state index in [4.69, 9.17) is 4.74 Å². The first-order valence-electron chi connectivity index (χ1n) is 9.03. The number of nitrogens with one attached hydrogen (secondary N) is 1. The lowest BCUT2D eigenvalue weighted by molar-refractivity contribution is -0.134. The fraction of sp³-hybridized carbons (Fsp3) is 0.250. The molecule has 2 aromatic carbocycles. The van der Waals surface area contributed by atoms with E-state index >= 15 is 0 Å². The molecule has 8 heteroatoms. The maximum Gasteiger partial charge on any atom is 0.240 e. The van der Waals surface area contributed by atoms with E-state index in [2.05, 4.69) is 15.5 Å². The van der Waals surface area contributed by atoms with Gasteiger partial charge in [-0.3, -0.25) is 4.79 Å². The second kappa shape index (κ2) is 9.18. The molecule has 1 aliphatic heterocycles. The third-order valence-electron chi connectivity index (χ3n) is 4.30. The van der Waals surface area contributed by atoms with Crippen LogP contribution in [0.3, 0.4) is 0 Å². The molecule has 4 rings (SSSR count). The Hall–Kier alpha value is -2.42. The van der Waals surface area contributed by atoms with Crippen LogP contribution >= 0.6 is 23.1 Å². The van der Waals surface area contributed by atoms with Gasteiger partial charge in [-0.25, -0.2) is 0 Å². The molecule has 28 heavy (non-hydrogen) atoms. The number of aromatic nitrogens is 2. The van der Waals surface area contributed by atoms with Crippen LogP contribution in [-0.4, -0.2) is 47.3 Å². The van der Waals surface area contributed by atoms with Crippen molar-refractivity contribution in [2.75, 3.05) is 31.6 Å². The van der Waals surface area contributed by atoms with Crippen molar-refractivity contribution in [1.82, 2.24) is 15.1 Å². The second-order valence-electron chi connectivity index (χ2n) is 6.21. The average molecular weight is 413 g/mol. The van der Waals surface area contributed by atoms with Gasteiger partial charge in [0.25, 0.3) is 0 Å². The molecule has 1 amide bonds. The molecule has 0 spiro atoms. The summed E-state index contributed by atoms with van der Waals surface area (Å²) in [5.74, 6) is 0.0901. The number of anilines is 2. The molecule has 1 aliphatic rings. The van der Waals surface area contributed by atoms with E-state index in [0.29, 0.717) is 31.4 Å². The smallest absolute Gasteiger partial charge is 0.240 e. The van der Waals surface area contributed by atoms with E-state index in [-0.39, 0.29) is 11.2 Å². The number of hydrogen-bond acceptors (Lipinski definition) is 7. The third kappa shape index (κ3) is 4.70. The number of benzene rings is 2. The number of thioether (sulfide) groups is 1. The second-order valence-corrected chi connectivity index (χ2v) is 8.54. The summed E-state index contributed by atoms with van der Waals surface area (Å²) in [5, 5.41) is 12.1. The minimum absolute atomic E-state index is 0.0901. The van der Waals surface area contributed by atoms with Gasteiger partial charge in [-0.1, -0.05) is 71.6 Å². The van der Waals surface area contributed by atoms with Crippen molar-refractivity contribution >= 4 is 39.8 Å². The Kier molecular flexibility index (Phi) is 6.20. The van der Waals surface area contributed by atoms with Crippen LogP contribution in [0, 0.1) is 0 Å². The number of carbonyl (C=O) groups excluding carboxylic acids is 1. The van der Waals surface area contributed by atoms with Gasteiger partial charge in [-0.2, -0.15) is 0 Å². The number of nitrogens with zero attached hydrogens (tertiary/aromatic N) is 3. The lowest BCUT2D eigenvalue weighted by Crippen LogP contribution is -2.42.